The summed E-state index contributed by atoms with van der Waals surface area (Å²) in [6.45, 7) is 5.83. The number of rotatable bonds is 13. The second kappa shape index (κ2) is 22.9. The van der Waals surface area contributed by atoms with Gasteiger partial charge in [-0.1, -0.05) is 13.3 Å². The van der Waals surface area contributed by atoms with E-state index < -0.39 is 0 Å². The maximum Gasteiger partial charge on any atom is 0.0701 e. The lowest BCUT2D eigenvalue weighted by Gasteiger charge is -2.04. The predicted molar refractivity (Wildman–Crippen MR) is 73.4 cm³/mol. The highest BCUT2D eigenvalue weighted by Gasteiger charge is 1.89. The third-order valence-electron chi connectivity index (χ3n) is 1.92. The van der Waals surface area contributed by atoms with Crippen LogP contribution in [0.4, 0.5) is 0 Å². The molecule has 0 spiro atoms. The minimum absolute atomic E-state index is 0.0413. The third-order valence-corrected chi connectivity index (χ3v) is 1.92. The molecule has 0 aliphatic rings. The Morgan fingerprint density at radius 3 is 1.37 bits per heavy atom. The second-order valence-corrected chi connectivity index (χ2v) is 3.63. The lowest BCUT2D eigenvalue weighted by atomic mass is 10.4. The Labute approximate surface area is 116 Å². The maximum absolute atomic E-state index is 8.36. The van der Waals surface area contributed by atoms with Gasteiger partial charge in [-0.3, -0.25) is 0 Å². The van der Waals surface area contributed by atoms with Gasteiger partial charge >= 0.3 is 0 Å². The molecule has 0 saturated heterocycles. The van der Waals surface area contributed by atoms with Crippen LogP contribution < -0.4 is 0 Å². The third kappa shape index (κ3) is 27.1. The summed E-state index contributed by atoms with van der Waals surface area (Å²) in [4.78, 5) is 0. The monoisotopic (exact) mass is 282 g/mol. The van der Waals surface area contributed by atoms with Crippen molar-refractivity contribution in [3.8, 4) is 0 Å². The lowest BCUT2D eigenvalue weighted by Crippen LogP contribution is -2.11. The smallest absolute Gasteiger partial charge is 0.0701 e. The Balaban J connectivity index is 0. The summed E-state index contributed by atoms with van der Waals surface area (Å²) in [7, 11) is 1.73. The van der Waals surface area contributed by atoms with E-state index in [1.54, 1.807) is 7.11 Å². The molecular formula is C13H30O6. The number of ether oxygens (including phenoxy) is 4. The number of methoxy groups -OCH3 is 1. The molecule has 0 rings (SSSR count). The minimum Gasteiger partial charge on any atom is -0.394 e. The first kappa shape index (κ1) is 21.1. The van der Waals surface area contributed by atoms with Gasteiger partial charge in [-0.2, -0.15) is 0 Å². The fourth-order valence-corrected chi connectivity index (χ4v) is 0.960. The van der Waals surface area contributed by atoms with Crippen molar-refractivity contribution < 1.29 is 29.2 Å². The van der Waals surface area contributed by atoms with Crippen LogP contribution >= 0.6 is 0 Å². The molecule has 0 amide bonds. The number of aliphatic hydroxyl groups excluding tert-OH is 2. The molecule has 6 nitrogen and oxygen atoms in total. The molecule has 0 aromatic rings. The van der Waals surface area contributed by atoms with E-state index in [1.165, 1.54) is 12.8 Å². The van der Waals surface area contributed by atoms with Crippen molar-refractivity contribution in [1.29, 1.82) is 0 Å². The normalized spacial score (nSPS) is 10.1. The summed E-state index contributed by atoms with van der Waals surface area (Å²) in [6, 6.07) is 0. The van der Waals surface area contributed by atoms with Crippen LogP contribution in [-0.4, -0.2) is 76.8 Å². The average Bonchev–Trinajstić information content (AvgIpc) is 2.44. The number of unbranched alkanes of at least 4 members (excludes halogenated alkanes) is 1. The first-order valence-corrected chi connectivity index (χ1v) is 6.77. The molecule has 19 heavy (non-hydrogen) atoms. The summed E-state index contributed by atoms with van der Waals surface area (Å²) in [6.07, 6.45) is 2.42. The standard InChI is InChI=1S/C8H18O5.C5H12O/c9-1-3-11-5-7-13-8-6-12-4-2-10;1-3-4-5-6-2/h9-10H,1-8H2;3-5H2,1-2H3. The summed E-state index contributed by atoms with van der Waals surface area (Å²) < 4.78 is 19.8. The van der Waals surface area contributed by atoms with Gasteiger partial charge in [-0.25, -0.2) is 0 Å². The molecule has 0 heterocycles. The number of aliphatic hydroxyl groups is 2. The van der Waals surface area contributed by atoms with Crippen LogP contribution in [-0.2, 0) is 18.9 Å². The molecule has 0 unspecified atom stereocenters. The Hall–Kier alpha value is -0.240. The van der Waals surface area contributed by atoms with Crippen molar-refractivity contribution in [1.82, 2.24) is 0 Å². The van der Waals surface area contributed by atoms with Crippen molar-refractivity contribution in [3.63, 3.8) is 0 Å². The van der Waals surface area contributed by atoms with Gasteiger partial charge in [0.05, 0.1) is 52.9 Å². The zero-order chi connectivity index (χ0) is 14.6. The van der Waals surface area contributed by atoms with Gasteiger partial charge in [-0.15, -0.1) is 0 Å². The molecule has 0 fully saturated rings. The van der Waals surface area contributed by atoms with Crippen molar-refractivity contribution in [2.75, 3.05) is 66.6 Å². The molecule has 0 atom stereocenters. The van der Waals surface area contributed by atoms with Crippen LogP contribution in [0, 0.1) is 0 Å². The molecule has 0 radical (unpaired) electrons. The first-order valence-electron chi connectivity index (χ1n) is 6.77. The van der Waals surface area contributed by atoms with E-state index in [1.807, 2.05) is 0 Å². The van der Waals surface area contributed by atoms with Crippen LogP contribution in [0.25, 0.3) is 0 Å². The summed E-state index contributed by atoms with van der Waals surface area (Å²) in [5, 5.41) is 16.7. The van der Waals surface area contributed by atoms with Gasteiger partial charge in [0, 0.05) is 13.7 Å². The first-order chi connectivity index (χ1) is 9.33. The Bertz CT molecular complexity index is 120. The van der Waals surface area contributed by atoms with E-state index in [9.17, 15) is 0 Å². The van der Waals surface area contributed by atoms with E-state index in [0.29, 0.717) is 39.6 Å². The van der Waals surface area contributed by atoms with Crippen LogP contribution in [0.3, 0.4) is 0 Å². The molecule has 2 N–H and O–H groups in total. The molecule has 6 heteroatoms. The summed E-state index contributed by atoms with van der Waals surface area (Å²) in [5.41, 5.74) is 0. The van der Waals surface area contributed by atoms with Crippen molar-refractivity contribution in [3.05, 3.63) is 0 Å². The van der Waals surface area contributed by atoms with Gasteiger partial charge in [0.1, 0.15) is 0 Å². The van der Waals surface area contributed by atoms with Crippen molar-refractivity contribution in [2.24, 2.45) is 0 Å². The van der Waals surface area contributed by atoms with Crippen LogP contribution in [0.2, 0.25) is 0 Å². The molecule has 0 aromatic carbocycles. The molecule has 0 aromatic heterocycles. The molecule has 118 valence electrons. The van der Waals surface area contributed by atoms with Gasteiger partial charge in [-0.05, 0) is 6.42 Å². The fraction of sp³-hybridized carbons (Fsp3) is 1.00. The highest BCUT2D eigenvalue weighted by atomic mass is 16.5. The van der Waals surface area contributed by atoms with Crippen LogP contribution in [0.1, 0.15) is 19.8 Å². The highest BCUT2D eigenvalue weighted by molar-refractivity contribution is 4.33. The van der Waals surface area contributed by atoms with Crippen LogP contribution in [0.15, 0.2) is 0 Å². The maximum atomic E-state index is 8.36. The van der Waals surface area contributed by atoms with Gasteiger partial charge in [0.25, 0.3) is 0 Å². The molecule has 0 bridgehead atoms. The van der Waals surface area contributed by atoms with Gasteiger partial charge < -0.3 is 29.2 Å². The molecule has 0 aliphatic heterocycles. The Morgan fingerprint density at radius 2 is 1.11 bits per heavy atom. The van der Waals surface area contributed by atoms with Gasteiger partial charge in [0.15, 0.2) is 0 Å². The predicted octanol–water partition coefficient (Wildman–Crippen LogP) is 0.454. The minimum atomic E-state index is 0.0413. The van der Waals surface area contributed by atoms with E-state index in [2.05, 4.69) is 6.92 Å². The molecule has 0 aliphatic carbocycles. The molecular weight excluding hydrogens is 252 g/mol. The van der Waals surface area contributed by atoms with E-state index in [4.69, 9.17) is 29.2 Å². The van der Waals surface area contributed by atoms with Crippen LogP contribution in [0.5, 0.6) is 0 Å². The average molecular weight is 282 g/mol. The highest BCUT2D eigenvalue weighted by Crippen LogP contribution is 1.83. The zero-order valence-corrected chi connectivity index (χ0v) is 12.3. The summed E-state index contributed by atoms with van der Waals surface area (Å²) in [5.74, 6) is 0. The topological polar surface area (TPSA) is 77.4 Å². The quantitative estimate of drug-likeness (QED) is 0.478. The zero-order valence-electron chi connectivity index (χ0n) is 12.3. The van der Waals surface area contributed by atoms with E-state index in [-0.39, 0.29) is 13.2 Å². The SMILES string of the molecule is CCCCOC.OCCOCCOCCOCCO. The Kier molecular flexibility index (Phi) is 25.4. The largest absolute Gasteiger partial charge is 0.394 e. The van der Waals surface area contributed by atoms with Crippen molar-refractivity contribution in [2.45, 2.75) is 19.8 Å². The molecule has 0 saturated carbocycles. The van der Waals surface area contributed by atoms with E-state index >= 15 is 0 Å². The Morgan fingerprint density at radius 1 is 0.684 bits per heavy atom. The lowest BCUT2D eigenvalue weighted by molar-refractivity contribution is 0.00230. The number of hydrogen-bond donors (Lipinski definition) is 2. The second-order valence-electron chi connectivity index (χ2n) is 3.63. The van der Waals surface area contributed by atoms with Crippen molar-refractivity contribution >= 4 is 0 Å². The number of hydrogen-bond acceptors (Lipinski definition) is 6. The fourth-order valence-electron chi connectivity index (χ4n) is 0.960. The van der Waals surface area contributed by atoms with Gasteiger partial charge in [0.2, 0.25) is 0 Å². The van der Waals surface area contributed by atoms with E-state index in [0.717, 1.165) is 6.61 Å². The summed E-state index contributed by atoms with van der Waals surface area (Å²) >= 11 is 0.